The van der Waals surface area contributed by atoms with Crippen LogP contribution in [0.5, 0.6) is 5.75 Å². The molecule has 0 atom stereocenters. The number of anilines is 1. The molecule has 2 N–H and O–H groups in total. The largest absolute Gasteiger partial charge is 0.484 e. The highest BCUT2D eigenvalue weighted by Gasteiger charge is 2.02. The molecular formula is C9H10ClNO2. The summed E-state index contributed by atoms with van der Waals surface area (Å²) in [5, 5.41) is 0.418. The predicted octanol–water partition coefficient (Wildman–Crippen LogP) is 1.89. The zero-order chi connectivity index (χ0) is 9.84. The van der Waals surface area contributed by atoms with Gasteiger partial charge in [0, 0.05) is 5.69 Å². The normalized spacial score (nSPS) is 9.69. The first-order chi connectivity index (χ1) is 6.09. The van der Waals surface area contributed by atoms with E-state index >= 15 is 0 Å². The molecule has 1 rings (SSSR count). The number of hydrogen-bond acceptors (Lipinski definition) is 3. The van der Waals surface area contributed by atoms with E-state index < -0.39 is 0 Å². The van der Waals surface area contributed by atoms with E-state index in [-0.39, 0.29) is 12.4 Å². The molecule has 0 aliphatic rings. The molecule has 0 spiro atoms. The van der Waals surface area contributed by atoms with Gasteiger partial charge in [-0.1, -0.05) is 11.6 Å². The fourth-order valence-corrected chi connectivity index (χ4v) is 1.06. The highest BCUT2D eigenvalue weighted by Crippen LogP contribution is 2.26. The van der Waals surface area contributed by atoms with Crippen LogP contribution in [0.3, 0.4) is 0 Å². The van der Waals surface area contributed by atoms with Gasteiger partial charge in [0.1, 0.15) is 12.4 Å². The van der Waals surface area contributed by atoms with Crippen molar-refractivity contribution >= 4 is 23.1 Å². The van der Waals surface area contributed by atoms with E-state index in [9.17, 15) is 4.79 Å². The maximum atomic E-state index is 10.6. The van der Waals surface area contributed by atoms with E-state index in [1.54, 1.807) is 18.2 Å². The fourth-order valence-electron chi connectivity index (χ4n) is 0.814. The molecule has 0 heterocycles. The van der Waals surface area contributed by atoms with Crippen molar-refractivity contribution < 1.29 is 9.53 Å². The number of nitrogens with two attached hydrogens (primary N) is 1. The molecular weight excluding hydrogens is 190 g/mol. The molecule has 0 bridgehead atoms. The van der Waals surface area contributed by atoms with Crippen molar-refractivity contribution in [1.29, 1.82) is 0 Å². The zero-order valence-electron chi connectivity index (χ0n) is 7.21. The minimum atomic E-state index is -0.0482. The average Bonchev–Trinajstić information content (AvgIpc) is 2.02. The number of Topliss-reactive ketones (excluding diaryl/α,β-unsaturated/α-hetero) is 1. The van der Waals surface area contributed by atoms with Gasteiger partial charge < -0.3 is 10.5 Å². The van der Waals surface area contributed by atoms with Gasteiger partial charge in [-0.05, 0) is 25.1 Å². The SMILES string of the molecule is CC(=O)COc1ccc(N)cc1Cl. The molecule has 1 aromatic carbocycles. The maximum absolute atomic E-state index is 10.6. The van der Waals surface area contributed by atoms with Crippen LogP contribution in [-0.4, -0.2) is 12.4 Å². The van der Waals surface area contributed by atoms with Crippen LogP contribution in [0.25, 0.3) is 0 Å². The van der Waals surface area contributed by atoms with Crippen LogP contribution in [0.15, 0.2) is 18.2 Å². The van der Waals surface area contributed by atoms with Crippen LogP contribution in [0, 0.1) is 0 Å². The minimum absolute atomic E-state index is 0.0314. The number of rotatable bonds is 3. The van der Waals surface area contributed by atoms with Crippen molar-refractivity contribution in [2.75, 3.05) is 12.3 Å². The molecule has 3 nitrogen and oxygen atoms in total. The number of carbonyl (C=O) groups excluding carboxylic acids is 1. The van der Waals surface area contributed by atoms with Gasteiger partial charge >= 0.3 is 0 Å². The van der Waals surface area contributed by atoms with Crippen LogP contribution < -0.4 is 10.5 Å². The van der Waals surface area contributed by atoms with Crippen LogP contribution >= 0.6 is 11.6 Å². The summed E-state index contributed by atoms with van der Waals surface area (Å²) >= 11 is 5.80. The van der Waals surface area contributed by atoms with Gasteiger partial charge in [-0.15, -0.1) is 0 Å². The lowest BCUT2D eigenvalue weighted by Crippen LogP contribution is -2.06. The molecule has 0 aliphatic heterocycles. The van der Waals surface area contributed by atoms with Crippen molar-refractivity contribution in [2.45, 2.75) is 6.92 Å². The number of ether oxygens (including phenoxy) is 1. The molecule has 70 valence electrons. The van der Waals surface area contributed by atoms with Gasteiger partial charge in [-0.3, -0.25) is 4.79 Å². The van der Waals surface area contributed by atoms with E-state index in [2.05, 4.69) is 0 Å². The van der Waals surface area contributed by atoms with E-state index in [0.29, 0.717) is 16.5 Å². The third kappa shape index (κ3) is 2.95. The molecule has 0 unspecified atom stereocenters. The van der Waals surface area contributed by atoms with Gasteiger partial charge in [0.2, 0.25) is 0 Å². The summed E-state index contributed by atoms with van der Waals surface area (Å²) in [6.45, 7) is 1.48. The second kappa shape index (κ2) is 4.14. The molecule has 0 saturated carbocycles. The van der Waals surface area contributed by atoms with E-state index in [0.717, 1.165) is 0 Å². The summed E-state index contributed by atoms with van der Waals surface area (Å²) in [6.07, 6.45) is 0. The summed E-state index contributed by atoms with van der Waals surface area (Å²) in [5.41, 5.74) is 6.05. The lowest BCUT2D eigenvalue weighted by atomic mass is 10.3. The molecule has 0 fully saturated rings. The predicted molar refractivity (Wildman–Crippen MR) is 52.0 cm³/mol. The Morgan fingerprint density at radius 1 is 1.62 bits per heavy atom. The quantitative estimate of drug-likeness (QED) is 0.757. The number of nitrogen functional groups attached to an aromatic ring is 1. The standard InChI is InChI=1S/C9H10ClNO2/c1-6(12)5-13-9-3-2-7(11)4-8(9)10/h2-4H,5,11H2,1H3. The Kier molecular flexibility index (Phi) is 3.14. The first-order valence-electron chi connectivity index (χ1n) is 3.77. The Hall–Kier alpha value is -1.22. The molecule has 0 saturated heterocycles. The Morgan fingerprint density at radius 2 is 2.31 bits per heavy atom. The summed E-state index contributed by atoms with van der Waals surface area (Å²) in [7, 11) is 0. The van der Waals surface area contributed by atoms with Gasteiger partial charge in [0.15, 0.2) is 5.78 Å². The van der Waals surface area contributed by atoms with Crippen molar-refractivity contribution in [3.63, 3.8) is 0 Å². The Morgan fingerprint density at radius 3 is 2.85 bits per heavy atom. The summed E-state index contributed by atoms with van der Waals surface area (Å²) in [5.74, 6) is 0.430. The fraction of sp³-hybridized carbons (Fsp3) is 0.222. The molecule has 13 heavy (non-hydrogen) atoms. The van der Waals surface area contributed by atoms with E-state index in [1.807, 2.05) is 0 Å². The first-order valence-corrected chi connectivity index (χ1v) is 4.14. The van der Waals surface area contributed by atoms with Crippen LogP contribution in [0.2, 0.25) is 5.02 Å². The molecule has 0 amide bonds. The second-order valence-corrected chi connectivity index (χ2v) is 3.09. The lowest BCUT2D eigenvalue weighted by Gasteiger charge is -2.05. The van der Waals surface area contributed by atoms with E-state index in [4.69, 9.17) is 22.1 Å². The summed E-state index contributed by atoms with van der Waals surface area (Å²) in [4.78, 5) is 10.6. The van der Waals surface area contributed by atoms with Gasteiger partial charge in [0.25, 0.3) is 0 Å². The smallest absolute Gasteiger partial charge is 0.167 e. The molecule has 1 aromatic rings. The molecule has 0 aromatic heterocycles. The number of benzene rings is 1. The number of carbonyl (C=O) groups is 1. The maximum Gasteiger partial charge on any atom is 0.167 e. The molecule has 0 aliphatic carbocycles. The number of halogens is 1. The van der Waals surface area contributed by atoms with Crippen LogP contribution in [0.1, 0.15) is 6.92 Å². The van der Waals surface area contributed by atoms with Gasteiger partial charge in [-0.25, -0.2) is 0 Å². The number of hydrogen-bond donors (Lipinski definition) is 1. The van der Waals surface area contributed by atoms with Gasteiger partial charge in [-0.2, -0.15) is 0 Å². The monoisotopic (exact) mass is 199 g/mol. The van der Waals surface area contributed by atoms with Crippen molar-refractivity contribution in [3.8, 4) is 5.75 Å². The second-order valence-electron chi connectivity index (χ2n) is 2.68. The Bertz CT molecular complexity index is 325. The third-order valence-electron chi connectivity index (χ3n) is 1.39. The Labute approximate surface area is 81.4 Å². The van der Waals surface area contributed by atoms with Crippen LogP contribution in [0.4, 0.5) is 5.69 Å². The van der Waals surface area contributed by atoms with Gasteiger partial charge in [0.05, 0.1) is 5.02 Å². The Balaban J connectivity index is 2.72. The average molecular weight is 200 g/mol. The highest BCUT2D eigenvalue weighted by molar-refractivity contribution is 6.32. The first kappa shape index (κ1) is 9.86. The summed E-state index contributed by atoms with van der Waals surface area (Å²) < 4.78 is 5.12. The lowest BCUT2D eigenvalue weighted by molar-refractivity contribution is -0.118. The van der Waals surface area contributed by atoms with Crippen LogP contribution in [-0.2, 0) is 4.79 Å². The zero-order valence-corrected chi connectivity index (χ0v) is 7.97. The van der Waals surface area contributed by atoms with Crippen molar-refractivity contribution in [2.24, 2.45) is 0 Å². The minimum Gasteiger partial charge on any atom is -0.484 e. The number of ketones is 1. The molecule has 0 radical (unpaired) electrons. The van der Waals surface area contributed by atoms with E-state index in [1.165, 1.54) is 6.92 Å². The topological polar surface area (TPSA) is 52.3 Å². The summed E-state index contributed by atoms with van der Waals surface area (Å²) in [6, 6.07) is 4.89. The van der Waals surface area contributed by atoms with Crippen molar-refractivity contribution in [3.05, 3.63) is 23.2 Å². The molecule has 4 heteroatoms. The van der Waals surface area contributed by atoms with Crippen molar-refractivity contribution in [1.82, 2.24) is 0 Å². The third-order valence-corrected chi connectivity index (χ3v) is 1.68. The highest BCUT2D eigenvalue weighted by atomic mass is 35.5.